The number of aryl methyl sites for hydroxylation is 1. The van der Waals surface area contributed by atoms with Gasteiger partial charge in [-0.2, -0.15) is 0 Å². The zero-order valence-corrected chi connectivity index (χ0v) is 12.6. The molecule has 1 heterocycles. The molecule has 5 nitrogen and oxygen atoms in total. The summed E-state index contributed by atoms with van der Waals surface area (Å²) in [6.07, 6.45) is 1.45. The third-order valence-electron chi connectivity index (χ3n) is 3.29. The molecule has 0 amide bonds. The molecule has 0 fully saturated rings. The number of aromatic nitrogens is 1. The van der Waals surface area contributed by atoms with Crippen molar-refractivity contribution in [2.24, 2.45) is 0 Å². The molecular formula is C14H17FN2O3S. The van der Waals surface area contributed by atoms with Gasteiger partial charge < -0.3 is 9.67 Å². The molecule has 0 radical (unpaired) electrons. The van der Waals surface area contributed by atoms with Gasteiger partial charge in [0.1, 0.15) is 10.7 Å². The number of aliphatic hydroxyl groups is 1. The van der Waals surface area contributed by atoms with Crippen LogP contribution in [0.2, 0.25) is 0 Å². The number of nitrogens with zero attached hydrogens (tertiary/aromatic N) is 1. The SMILES string of the molecule is CCn1cc(S(=O)(=O)Nc2cccc(F)c2C)cc1CO. The van der Waals surface area contributed by atoms with E-state index in [1.807, 2.05) is 6.92 Å². The van der Waals surface area contributed by atoms with Gasteiger partial charge in [-0.05, 0) is 32.0 Å². The highest BCUT2D eigenvalue weighted by atomic mass is 32.2. The van der Waals surface area contributed by atoms with Crippen molar-refractivity contribution in [3.63, 3.8) is 0 Å². The summed E-state index contributed by atoms with van der Waals surface area (Å²) >= 11 is 0. The highest BCUT2D eigenvalue weighted by Gasteiger charge is 2.19. The van der Waals surface area contributed by atoms with Crippen LogP contribution in [-0.4, -0.2) is 18.1 Å². The zero-order chi connectivity index (χ0) is 15.6. The van der Waals surface area contributed by atoms with Gasteiger partial charge in [0.15, 0.2) is 0 Å². The fraction of sp³-hybridized carbons (Fsp3) is 0.286. The van der Waals surface area contributed by atoms with Crippen LogP contribution in [-0.2, 0) is 23.2 Å². The summed E-state index contributed by atoms with van der Waals surface area (Å²) in [4.78, 5) is 0.0389. The van der Waals surface area contributed by atoms with Crippen molar-refractivity contribution in [3.05, 3.63) is 47.5 Å². The molecule has 0 unspecified atom stereocenters. The van der Waals surface area contributed by atoms with E-state index in [1.54, 1.807) is 4.57 Å². The topological polar surface area (TPSA) is 71.3 Å². The lowest BCUT2D eigenvalue weighted by molar-refractivity contribution is 0.271. The van der Waals surface area contributed by atoms with E-state index >= 15 is 0 Å². The quantitative estimate of drug-likeness (QED) is 0.889. The van der Waals surface area contributed by atoms with Crippen molar-refractivity contribution < 1.29 is 17.9 Å². The van der Waals surface area contributed by atoms with Crippen LogP contribution in [0.5, 0.6) is 0 Å². The lowest BCUT2D eigenvalue weighted by atomic mass is 10.2. The summed E-state index contributed by atoms with van der Waals surface area (Å²) < 4.78 is 42.1. The Balaban J connectivity index is 2.38. The molecule has 0 aliphatic rings. The van der Waals surface area contributed by atoms with Crippen molar-refractivity contribution >= 4 is 15.7 Å². The minimum atomic E-state index is -3.82. The molecule has 0 atom stereocenters. The Morgan fingerprint density at radius 3 is 2.67 bits per heavy atom. The minimum absolute atomic E-state index is 0.0389. The van der Waals surface area contributed by atoms with Crippen LogP contribution in [0, 0.1) is 12.7 Å². The highest BCUT2D eigenvalue weighted by Crippen LogP contribution is 2.23. The van der Waals surface area contributed by atoms with Gasteiger partial charge in [-0.15, -0.1) is 0 Å². The second kappa shape index (κ2) is 5.87. The third kappa shape index (κ3) is 3.08. The van der Waals surface area contributed by atoms with Crippen LogP contribution in [0.15, 0.2) is 35.4 Å². The van der Waals surface area contributed by atoms with Crippen LogP contribution >= 0.6 is 0 Å². The smallest absolute Gasteiger partial charge is 0.263 e. The van der Waals surface area contributed by atoms with Gasteiger partial charge in [-0.3, -0.25) is 4.72 Å². The molecule has 0 spiro atoms. The van der Waals surface area contributed by atoms with E-state index < -0.39 is 15.8 Å². The second-order valence-corrected chi connectivity index (χ2v) is 6.31. The summed E-state index contributed by atoms with van der Waals surface area (Å²) in [6, 6.07) is 5.61. The van der Waals surface area contributed by atoms with Gasteiger partial charge in [0.2, 0.25) is 0 Å². The number of sulfonamides is 1. The van der Waals surface area contributed by atoms with Gasteiger partial charge in [-0.25, -0.2) is 12.8 Å². The summed E-state index contributed by atoms with van der Waals surface area (Å²) in [7, 11) is -3.82. The number of hydrogen-bond acceptors (Lipinski definition) is 3. The number of benzene rings is 1. The number of rotatable bonds is 5. The largest absolute Gasteiger partial charge is 0.390 e. The maximum Gasteiger partial charge on any atom is 0.263 e. The first-order chi connectivity index (χ1) is 9.89. The van der Waals surface area contributed by atoms with Crippen LogP contribution in [0.4, 0.5) is 10.1 Å². The van der Waals surface area contributed by atoms with E-state index in [9.17, 15) is 17.9 Å². The maximum atomic E-state index is 13.5. The molecule has 0 saturated carbocycles. The standard InChI is InChI=1S/C14H17FN2O3S/c1-3-17-8-12(7-11(17)9-18)21(19,20)16-14-6-4-5-13(15)10(14)2/h4-8,16,18H,3,9H2,1-2H3. The minimum Gasteiger partial charge on any atom is -0.390 e. The predicted octanol–water partition coefficient (Wildman–Crippen LogP) is 2.25. The summed E-state index contributed by atoms with van der Waals surface area (Å²) in [5.74, 6) is -0.475. The molecule has 1 aromatic carbocycles. The van der Waals surface area contributed by atoms with Gasteiger partial charge in [0.25, 0.3) is 10.0 Å². The monoisotopic (exact) mass is 312 g/mol. The van der Waals surface area contributed by atoms with Gasteiger partial charge >= 0.3 is 0 Å². The first kappa shape index (κ1) is 15.5. The van der Waals surface area contributed by atoms with E-state index in [0.717, 1.165) is 0 Å². The Labute approximate surface area is 123 Å². The number of anilines is 1. The van der Waals surface area contributed by atoms with Crippen LogP contribution in [0.25, 0.3) is 0 Å². The zero-order valence-electron chi connectivity index (χ0n) is 11.8. The summed E-state index contributed by atoms with van der Waals surface area (Å²) in [5.41, 5.74) is 0.942. The van der Waals surface area contributed by atoms with Gasteiger partial charge in [0, 0.05) is 24.0 Å². The highest BCUT2D eigenvalue weighted by molar-refractivity contribution is 7.92. The van der Waals surface area contributed by atoms with Crippen LogP contribution in [0.3, 0.4) is 0 Å². The Morgan fingerprint density at radius 2 is 2.10 bits per heavy atom. The van der Waals surface area contributed by atoms with Gasteiger partial charge in [0.05, 0.1) is 12.3 Å². The molecule has 21 heavy (non-hydrogen) atoms. The van der Waals surface area contributed by atoms with Crippen molar-refractivity contribution in [2.45, 2.75) is 31.9 Å². The molecule has 0 bridgehead atoms. The van der Waals surface area contributed by atoms with Crippen LogP contribution < -0.4 is 4.72 Å². The number of aliphatic hydroxyl groups excluding tert-OH is 1. The van der Waals surface area contributed by atoms with E-state index in [0.29, 0.717) is 12.2 Å². The normalized spacial score (nSPS) is 11.6. The molecule has 0 aliphatic carbocycles. The van der Waals surface area contributed by atoms with Gasteiger partial charge in [-0.1, -0.05) is 6.07 Å². The Hall–Kier alpha value is -1.86. The summed E-state index contributed by atoms with van der Waals surface area (Å²) in [6.45, 7) is 3.65. The average molecular weight is 312 g/mol. The Kier molecular flexibility index (Phi) is 4.34. The van der Waals surface area contributed by atoms with Crippen molar-refractivity contribution in [3.8, 4) is 0 Å². The first-order valence-electron chi connectivity index (χ1n) is 6.47. The second-order valence-electron chi connectivity index (χ2n) is 4.63. The molecule has 114 valence electrons. The molecule has 2 rings (SSSR count). The fourth-order valence-electron chi connectivity index (χ4n) is 2.02. The first-order valence-corrected chi connectivity index (χ1v) is 7.95. The van der Waals surface area contributed by atoms with E-state index in [4.69, 9.17) is 0 Å². The molecule has 7 heteroatoms. The van der Waals surface area contributed by atoms with Crippen molar-refractivity contribution in [1.82, 2.24) is 4.57 Å². The fourth-order valence-corrected chi connectivity index (χ4v) is 3.21. The molecule has 2 N–H and O–H groups in total. The Bertz CT molecular complexity index is 732. The average Bonchev–Trinajstić information content (AvgIpc) is 2.88. The van der Waals surface area contributed by atoms with E-state index in [2.05, 4.69) is 4.72 Å². The Morgan fingerprint density at radius 1 is 1.38 bits per heavy atom. The lowest BCUT2D eigenvalue weighted by Crippen LogP contribution is -2.13. The molecule has 1 aromatic heterocycles. The summed E-state index contributed by atoms with van der Waals surface area (Å²) in [5, 5.41) is 9.21. The molecular weight excluding hydrogens is 295 g/mol. The molecule has 2 aromatic rings. The maximum absolute atomic E-state index is 13.5. The lowest BCUT2D eigenvalue weighted by Gasteiger charge is -2.09. The van der Waals surface area contributed by atoms with E-state index in [-0.39, 0.29) is 22.8 Å². The predicted molar refractivity (Wildman–Crippen MR) is 78.0 cm³/mol. The molecule has 0 aliphatic heterocycles. The third-order valence-corrected chi connectivity index (χ3v) is 4.62. The molecule has 0 saturated heterocycles. The number of hydrogen-bond donors (Lipinski definition) is 2. The number of halogens is 1. The van der Waals surface area contributed by atoms with Crippen molar-refractivity contribution in [2.75, 3.05) is 4.72 Å². The van der Waals surface area contributed by atoms with Crippen molar-refractivity contribution in [1.29, 1.82) is 0 Å². The van der Waals surface area contributed by atoms with E-state index in [1.165, 1.54) is 37.4 Å². The van der Waals surface area contributed by atoms with Crippen LogP contribution in [0.1, 0.15) is 18.2 Å². The number of nitrogens with one attached hydrogen (secondary N) is 1.